The van der Waals surface area contributed by atoms with Gasteiger partial charge in [-0.15, -0.1) is 0 Å². The highest BCUT2D eigenvalue weighted by atomic mass is 16.5. The lowest BCUT2D eigenvalue weighted by molar-refractivity contribution is -0.111. The van der Waals surface area contributed by atoms with Crippen LogP contribution in [0.4, 0.5) is 5.69 Å². The van der Waals surface area contributed by atoms with Crippen molar-refractivity contribution < 1.29 is 14.3 Å². The Kier molecular flexibility index (Phi) is 7.69. The van der Waals surface area contributed by atoms with E-state index in [1.165, 1.54) is 5.56 Å². The average Bonchev–Trinajstić information content (AvgIpc) is 2.92. The third-order valence-electron chi connectivity index (χ3n) is 6.15. The molecule has 0 bridgehead atoms. The highest BCUT2D eigenvalue weighted by Gasteiger charge is 2.17. The number of benzene rings is 4. The van der Waals surface area contributed by atoms with Crippen LogP contribution in [0.2, 0.25) is 0 Å². The number of nitrogens with one attached hydrogen (secondary N) is 1. The largest absolute Gasteiger partial charge is 0.497 e. The Bertz CT molecular complexity index is 1410. The number of carbonyl (C=O) groups excluding carboxylic acids is 2. The Morgan fingerprint density at radius 1 is 0.730 bits per heavy atom. The van der Waals surface area contributed by atoms with Crippen LogP contribution in [0.1, 0.15) is 53.4 Å². The summed E-state index contributed by atoms with van der Waals surface area (Å²) in [5, 5.41) is 2.97. The van der Waals surface area contributed by atoms with E-state index >= 15 is 0 Å². The molecule has 0 radical (unpaired) electrons. The molecular formula is C33H31NO3. The lowest BCUT2D eigenvalue weighted by Crippen LogP contribution is -2.14. The van der Waals surface area contributed by atoms with Gasteiger partial charge >= 0.3 is 0 Å². The molecule has 4 heteroatoms. The normalized spacial score (nSPS) is 11.6. The zero-order valence-electron chi connectivity index (χ0n) is 21.6. The third kappa shape index (κ3) is 6.42. The molecule has 0 heterocycles. The predicted octanol–water partition coefficient (Wildman–Crippen LogP) is 7.40. The summed E-state index contributed by atoms with van der Waals surface area (Å²) in [6.45, 7) is 6.42. The van der Waals surface area contributed by atoms with Crippen molar-refractivity contribution in [2.45, 2.75) is 26.2 Å². The number of hydrogen-bond donors (Lipinski definition) is 1. The van der Waals surface area contributed by atoms with Crippen molar-refractivity contribution in [3.63, 3.8) is 0 Å². The lowest BCUT2D eigenvalue weighted by atomic mass is 9.86. The summed E-state index contributed by atoms with van der Waals surface area (Å²) in [4.78, 5) is 26.6. The summed E-state index contributed by atoms with van der Waals surface area (Å²) in [6.07, 6.45) is 1.84. The number of rotatable bonds is 7. The van der Waals surface area contributed by atoms with Crippen LogP contribution in [-0.2, 0) is 10.2 Å². The molecule has 186 valence electrons. The number of amides is 1. The molecule has 4 rings (SSSR count). The van der Waals surface area contributed by atoms with Crippen molar-refractivity contribution in [3.8, 4) is 5.75 Å². The number of ketones is 1. The molecule has 1 N–H and O–H groups in total. The van der Waals surface area contributed by atoms with E-state index < -0.39 is 0 Å². The second-order valence-electron chi connectivity index (χ2n) is 9.89. The van der Waals surface area contributed by atoms with Crippen LogP contribution in [0.15, 0.2) is 103 Å². The van der Waals surface area contributed by atoms with E-state index in [1.807, 2.05) is 84.9 Å². The molecule has 0 aliphatic carbocycles. The number of anilines is 1. The molecule has 4 aromatic carbocycles. The molecule has 0 aliphatic heterocycles. The number of ether oxygens (including phenoxy) is 1. The first-order chi connectivity index (χ1) is 17.7. The van der Waals surface area contributed by atoms with Gasteiger partial charge in [-0.1, -0.05) is 99.6 Å². The Balaban J connectivity index is 1.59. The molecule has 37 heavy (non-hydrogen) atoms. The molecule has 0 spiro atoms. The minimum atomic E-state index is -0.263. The van der Waals surface area contributed by atoms with Crippen molar-refractivity contribution in [1.29, 1.82) is 0 Å². The first-order valence-electron chi connectivity index (χ1n) is 12.2. The van der Waals surface area contributed by atoms with Crippen LogP contribution in [0.25, 0.3) is 11.6 Å². The summed E-state index contributed by atoms with van der Waals surface area (Å²) in [5.74, 6) is 0.396. The molecule has 0 atom stereocenters. The molecule has 0 unspecified atom stereocenters. The van der Waals surface area contributed by atoms with E-state index in [0.29, 0.717) is 22.4 Å². The average molecular weight is 490 g/mol. The van der Waals surface area contributed by atoms with Gasteiger partial charge in [-0.25, -0.2) is 0 Å². The van der Waals surface area contributed by atoms with Gasteiger partial charge in [-0.2, -0.15) is 0 Å². The maximum absolute atomic E-state index is 13.4. The Hall–Kier alpha value is -4.44. The fourth-order valence-corrected chi connectivity index (χ4v) is 3.99. The van der Waals surface area contributed by atoms with E-state index in [9.17, 15) is 9.59 Å². The first-order valence-corrected chi connectivity index (χ1v) is 12.2. The highest BCUT2D eigenvalue weighted by molar-refractivity contribution is 6.29. The van der Waals surface area contributed by atoms with Gasteiger partial charge in [0.1, 0.15) is 5.75 Å². The van der Waals surface area contributed by atoms with Crippen LogP contribution >= 0.6 is 0 Å². The van der Waals surface area contributed by atoms with E-state index in [1.54, 1.807) is 31.4 Å². The van der Waals surface area contributed by atoms with Crippen molar-refractivity contribution in [3.05, 3.63) is 131 Å². The monoisotopic (exact) mass is 489 g/mol. The van der Waals surface area contributed by atoms with Gasteiger partial charge in [-0.3, -0.25) is 9.59 Å². The second-order valence-corrected chi connectivity index (χ2v) is 9.89. The quantitative estimate of drug-likeness (QED) is 0.167. The van der Waals surface area contributed by atoms with Gasteiger partial charge in [0, 0.05) is 22.4 Å². The van der Waals surface area contributed by atoms with Gasteiger partial charge in [0.2, 0.25) is 0 Å². The minimum absolute atomic E-state index is 0.0154. The van der Waals surface area contributed by atoms with Crippen molar-refractivity contribution in [1.82, 2.24) is 0 Å². The summed E-state index contributed by atoms with van der Waals surface area (Å²) in [5.41, 5.74) is 5.05. The molecular weight excluding hydrogens is 458 g/mol. The zero-order chi connectivity index (χ0) is 26.4. The van der Waals surface area contributed by atoms with Crippen LogP contribution in [-0.4, -0.2) is 18.8 Å². The van der Waals surface area contributed by atoms with Gasteiger partial charge in [-0.05, 0) is 52.4 Å². The SMILES string of the molecule is COc1ccc(/C=C(/C(=O)Nc2cccc(C(=O)c3ccc(C(C)(C)C)cc3)c2)c2ccccc2)cc1. The molecule has 0 aromatic heterocycles. The van der Waals surface area contributed by atoms with E-state index in [0.717, 1.165) is 16.9 Å². The summed E-state index contributed by atoms with van der Waals surface area (Å²) >= 11 is 0. The maximum Gasteiger partial charge on any atom is 0.256 e. The molecule has 0 fully saturated rings. The molecule has 0 saturated carbocycles. The molecule has 4 aromatic rings. The van der Waals surface area contributed by atoms with Crippen molar-refractivity contribution in [2.75, 3.05) is 12.4 Å². The smallest absolute Gasteiger partial charge is 0.256 e. The fourth-order valence-electron chi connectivity index (χ4n) is 3.99. The zero-order valence-corrected chi connectivity index (χ0v) is 21.6. The summed E-state index contributed by atoms with van der Waals surface area (Å²) in [7, 11) is 1.62. The standard InChI is InChI=1S/C33H31NO3/c1-33(2,3)27-17-15-25(16-18-27)31(35)26-11-8-12-28(22-26)34-32(36)30(24-9-6-5-7-10-24)21-23-13-19-29(37-4)20-14-23/h5-22H,1-4H3,(H,34,36)/b30-21+. The molecule has 1 amide bonds. The Labute approximate surface area is 218 Å². The summed E-state index contributed by atoms with van der Waals surface area (Å²) in [6, 6.07) is 31.8. The highest BCUT2D eigenvalue weighted by Crippen LogP contribution is 2.25. The Morgan fingerprint density at radius 2 is 1.38 bits per heavy atom. The van der Waals surface area contributed by atoms with Gasteiger partial charge < -0.3 is 10.1 Å². The van der Waals surface area contributed by atoms with Crippen LogP contribution in [0.3, 0.4) is 0 Å². The second kappa shape index (κ2) is 11.1. The van der Waals surface area contributed by atoms with Crippen LogP contribution in [0.5, 0.6) is 5.75 Å². The number of carbonyl (C=O) groups is 2. The summed E-state index contributed by atoms with van der Waals surface area (Å²) < 4.78 is 5.24. The maximum atomic E-state index is 13.4. The minimum Gasteiger partial charge on any atom is -0.497 e. The predicted molar refractivity (Wildman–Crippen MR) is 151 cm³/mol. The molecule has 0 saturated heterocycles. The van der Waals surface area contributed by atoms with E-state index in [4.69, 9.17) is 4.74 Å². The third-order valence-corrected chi connectivity index (χ3v) is 6.15. The first kappa shape index (κ1) is 25.6. The van der Waals surface area contributed by atoms with Gasteiger partial charge in [0.05, 0.1) is 7.11 Å². The Morgan fingerprint density at radius 3 is 2.00 bits per heavy atom. The van der Waals surface area contributed by atoms with Crippen molar-refractivity contribution in [2.24, 2.45) is 0 Å². The molecule has 0 aliphatic rings. The number of methoxy groups -OCH3 is 1. The van der Waals surface area contributed by atoms with Crippen molar-refractivity contribution >= 4 is 29.0 Å². The lowest BCUT2D eigenvalue weighted by Gasteiger charge is -2.19. The topological polar surface area (TPSA) is 55.4 Å². The van der Waals surface area contributed by atoms with Gasteiger partial charge in [0.15, 0.2) is 5.78 Å². The number of hydrogen-bond acceptors (Lipinski definition) is 3. The molecule has 4 nitrogen and oxygen atoms in total. The van der Waals surface area contributed by atoms with Gasteiger partial charge in [0.25, 0.3) is 5.91 Å². The fraction of sp³-hybridized carbons (Fsp3) is 0.152. The van der Waals surface area contributed by atoms with E-state index in [-0.39, 0.29) is 17.1 Å². The van der Waals surface area contributed by atoms with Crippen LogP contribution < -0.4 is 10.1 Å². The van der Waals surface area contributed by atoms with Crippen LogP contribution in [0, 0.1) is 0 Å². The van der Waals surface area contributed by atoms with E-state index in [2.05, 4.69) is 26.1 Å².